The van der Waals surface area contributed by atoms with Crippen molar-refractivity contribution in [3.05, 3.63) is 60.1 Å². The fraction of sp³-hybridized carbons (Fsp3) is 0.476. The maximum absolute atomic E-state index is 5.38. The second kappa shape index (κ2) is 9.43. The summed E-state index contributed by atoms with van der Waals surface area (Å²) in [6.07, 6.45) is 6.16. The molecular weight excluding hydrogens is 326 g/mol. The van der Waals surface area contributed by atoms with Crippen LogP contribution in [0.1, 0.15) is 24.2 Å². The minimum absolute atomic E-state index is 0.332. The van der Waals surface area contributed by atoms with E-state index in [1.54, 1.807) is 13.4 Å². The molecule has 0 atom stereocenters. The van der Waals surface area contributed by atoms with E-state index in [4.69, 9.17) is 14.1 Å². The van der Waals surface area contributed by atoms with Crippen molar-refractivity contribution < 1.29 is 9.15 Å². The SMILES string of the molecule is COCCNC(=NCC1(Cc2ccccc2)CC1)NCCc1ccco1. The number of benzene rings is 1. The number of hydrogen-bond acceptors (Lipinski definition) is 3. The molecule has 1 saturated carbocycles. The number of guanidine groups is 1. The predicted molar refractivity (Wildman–Crippen MR) is 104 cm³/mol. The van der Waals surface area contributed by atoms with E-state index in [9.17, 15) is 0 Å². The molecule has 0 unspecified atom stereocenters. The van der Waals surface area contributed by atoms with Gasteiger partial charge in [0.25, 0.3) is 0 Å². The second-order valence-corrected chi connectivity index (χ2v) is 7.00. The van der Waals surface area contributed by atoms with Crippen LogP contribution in [0.25, 0.3) is 0 Å². The van der Waals surface area contributed by atoms with Crippen LogP contribution in [0.3, 0.4) is 0 Å². The van der Waals surface area contributed by atoms with Gasteiger partial charge in [0.2, 0.25) is 0 Å². The molecule has 1 fully saturated rings. The van der Waals surface area contributed by atoms with Gasteiger partial charge in [0.15, 0.2) is 5.96 Å². The molecule has 0 amide bonds. The Balaban J connectivity index is 1.52. The summed E-state index contributed by atoms with van der Waals surface area (Å²) in [7, 11) is 1.71. The molecule has 5 nitrogen and oxygen atoms in total. The number of furan rings is 1. The van der Waals surface area contributed by atoms with E-state index >= 15 is 0 Å². The molecule has 0 bridgehead atoms. The number of methoxy groups -OCH3 is 1. The van der Waals surface area contributed by atoms with Crippen LogP contribution in [0.15, 0.2) is 58.1 Å². The zero-order valence-corrected chi connectivity index (χ0v) is 15.5. The Kier molecular flexibility index (Phi) is 6.72. The van der Waals surface area contributed by atoms with Crippen LogP contribution >= 0.6 is 0 Å². The van der Waals surface area contributed by atoms with Crippen LogP contribution < -0.4 is 10.6 Å². The predicted octanol–water partition coefficient (Wildman–Crippen LogP) is 3.03. The van der Waals surface area contributed by atoms with Gasteiger partial charge < -0.3 is 19.8 Å². The number of rotatable bonds is 10. The van der Waals surface area contributed by atoms with Crippen molar-refractivity contribution in [2.75, 3.05) is 33.4 Å². The van der Waals surface area contributed by atoms with Crippen molar-refractivity contribution in [3.63, 3.8) is 0 Å². The maximum Gasteiger partial charge on any atom is 0.191 e. The first-order valence-corrected chi connectivity index (χ1v) is 9.37. The molecule has 0 aliphatic heterocycles. The second-order valence-electron chi connectivity index (χ2n) is 7.00. The molecule has 2 aromatic rings. The van der Waals surface area contributed by atoms with Crippen molar-refractivity contribution in [3.8, 4) is 0 Å². The monoisotopic (exact) mass is 355 g/mol. The van der Waals surface area contributed by atoms with Gasteiger partial charge >= 0.3 is 0 Å². The Hall–Kier alpha value is -2.27. The van der Waals surface area contributed by atoms with Gasteiger partial charge in [0.05, 0.1) is 12.9 Å². The van der Waals surface area contributed by atoms with Gasteiger partial charge in [0, 0.05) is 33.2 Å². The highest BCUT2D eigenvalue weighted by molar-refractivity contribution is 5.79. The van der Waals surface area contributed by atoms with E-state index in [1.807, 2.05) is 12.1 Å². The summed E-state index contributed by atoms with van der Waals surface area (Å²) in [5.74, 6) is 1.84. The molecule has 1 heterocycles. The number of aliphatic imine (C=N–C) groups is 1. The summed E-state index contributed by atoms with van der Waals surface area (Å²) in [5.41, 5.74) is 1.73. The third kappa shape index (κ3) is 5.92. The molecule has 0 saturated heterocycles. The van der Waals surface area contributed by atoms with Crippen LogP contribution in [0.4, 0.5) is 0 Å². The van der Waals surface area contributed by atoms with Crippen molar-refractivity contribution in [1.82, 2.24) is 10.6 Å². The summed E-state index contributed by atoms with van der Waals surface area (Å²) < 4.78 is 10.5. The van der Waals surface area contributed by atoms with E-state index in [-0.39, 0.29) is 0 Å². The van der Waals surface area contributed by atoms with Crippen molar-refractivity contribution >= 4 is 5.96 Å². The smallest absolute Gasteiger partial charge is 0.191 e. The minimum atomic E-state index is 0.332. The summed E-state index contributed by atoms with van der Waals surface area (Å²) in [6.45, 7) is 3.05. The lowest BCUT2D eigenvalue weighted by molar-refractivity contribution is 0.203. The molecule has 0 radical (unpaired) electrons. The standard InChI is InChI=1S/C21H29N3O2/c1-25-15-13-23-20(22-12-9-19-8-5-14-26-19)24-17-21(10-11-21)16-18-6-3-2-4-7-18/h2-8,14H,9-13,15-17H2,1H3,(H2,22,23,24). The molecular formula is C21H29N3O2. The van der Waals surface area contributed by atoms with E-state index in [2.05, 4.69) is 41.0 Å². The highest BCUT2D eigenvalue weighted by atomic mass is 16.5. The Morgan fingerprint density at radius 3 is 2.62 bits per heavy atom. The van der Waals surface area contributed by atoms with Gasteiger partial charge in [-0.05, 0) is 42.4 Å². The molecule has 1 aliphatic rings. The minimum Gasteiger partial charge on any atom is -0.469 e. The topological polar surface area (TPSA) is 58.8 Å². The average molecular weight is 355 g/mol. The fourth-order valence-electron chi connectivity index (χ4n) is 3.05. The third-order valence-electron chi connectivity index (χ3n) is 4.79. The van der Waals surface area contributed by atoms with Crippen molar-refractivity contribution in [1.29, 1.82) is 0 Å². The first-order valence-electron chi connectivity index (χ1n) is 9.37. The van der Waals surface area contributed by atoms with Crippen LogP contribution in [-0.2, 0) is 17.6 Å². The Labute approximate surface area is 155 Å². The lowest BCUT2D eigenvalue weighted by atomic mass is 9.97. The lowest BCUT2D eigenvalue weighted by Crippen LogP contribution is -2.40. The molecule has 26 heavy (non-hydrogen) atoms. The van der Waals surface area contributed by atoms with E-state index < -0.39 is 0 Å². The maximum atomic E-state index is 5.38. The first kappa shape index (κ1) is 18.5. The first-order chi connectivity index (χ1) is 12.8. The van der Waals surface area contributed by atoms with E-state index in [0.717, 1.165) is 44.2 Å². The fourth-order valence-corrected chi connectivity index (χ4v) is 3.05. The highest BCUT2D eigenvalue weighted by Gasteiger charge is 2.42. The average Bonchev–Trinajstić information content (AvgIpc) is 3.22. The van der Waals surface area contributed by atoms with E-state index in [0.29, 0.717) is 12.0 Å². The lowest BCUT2D eigenvalue weighted by Gasteiger charge is -2.16. The van der Waals surface area contributed by atoms with Crippen molar-refractivity contribution in [2.45, 2.75) is 25.7 Å². The van der Waals surface area contributed by atoms with Crippen molar-refractivity contribution in [2.24, 2.45) is 10.4 Å². The summed E-state index contributed by atoms with van der Waals surface area (Å²) in [4.78, 5) is 4.85. The number of nitrogens with one attached hydrogen (secondary N) is 2. The molecule has 140 valence electrons. The Bertz CT molecular complexity index is 664. The molecule has 3 rings (SSSR count). The van der Waals surface area contributed by atoms with Gasteiger partial charge in [-0.15, -0.1) is 0 Å². The molecule has 1 aliphatic carbocycles. The number of hydrogen-bond donors (Lipinski definition) is 2. The van der Waals surface area contributed by atoms with Gasteiger partial charge in [-0.2, -0.15) is 0 Å². The summed E-state index contributed by atoms with van der Waals surface area (Å²) in [6, 6.07) is 14.6. The normalized spacial score (nSPS) is 15.7. The molecule has 5 heteroatoms. The van der Waals surface area contributed by atoms with Crippen LogP contribution in [0.5, 0.6) is 0 Å². The van der Waals surface area contributed by atoms with E-state index in [1.165, 1.54) is 18.4 Å². The summed E-state index contributed by atoms with van der Waals surface area (Å²) >= 11 is 0. The molecule has 0 spiro atoms. The third-order valence-corrected chi connectivity index (χ3v) is 4.79. The zero-order valence-electron chi connectivity index (χ0n) is 15.5. The van der Waals surface area contributed by atoms with Gasteiger partial charge in [-0.25, -0.2) is 0 Å². The van der Waals surface area contributed by atoms with Crippen LogP contribution in [0.2, 0.25) is 0 Å². The largest absolute Gasteiger partial charge is 0.469 e. The molecule has 2 N–H and O–H groups in total. The highest BCUT2D eigenvalue weighted by Crippen LogP contribution is 2.48. The van der Waals surface area contributed by atoms with Gasteiger partial charge in [-0.1, -0.05) is 30.3 Å². The zero-order chi connectivity index (χ0) is 18.1. The van der Waals surface area contributed by atoms with Crippen LogP contribution in [-0.4, -0.2) is 39.3 Å². The number of nitrogens with zero attached hydrogens (tertiary/aromatic N) is 1. The van der Waals surface area contributed by atoms with Gasteiger partial charge in [-0.3, -0.25) is 4.99 Å². The quantitative estimate of drug-likeness (QED) is 0.391. The van der Waals surface area contributed by atoms with Gasteiger partial charge in [0.1, 0.15) is 5.76 Å². The molecule has 1 aromatic carbocycles. The Morgan fingerprint density at radius 2 is 1.92 bits per heavy atom. The molecule has 1 aromatic heterocycles. The van der Waals surface area contributed by atoms with Crippen LogP contribution in [0, 0.1) is 5.41 Å². The Morgan fingerprint density at radius 1 is 1.12 bits per heavy atom. The summed E-state index contributed by atoms with van der Waals surface area (Å²) in [5, 5.41) is 6.75. The number of ether oxygens (including phenoxy) is 1.